The maximum Gasteiger partial charge on any atom is 0.238 e. The number of fused-ring (bicyclic) bond motifs is 2. The molecule has 0 aromatic heterocycles. The van der Waals surface area contributed by atoms with E-state index >= 15 is 0 Å². The number of rotatable bonds is 5. The lowest BCUT2D eigenvalue weighted by Gasteiger charge is -2.45. The number of nitrogens with one attached hydrogen (secondary N) is 2. The topological polar surface area (TPSA) is 68.2 Å². The molecule has 1 aromatic carbocycles. The Labute approximate surface area is 183 Å². The summed E-state index contributed by atoms with van der Waals surface area (Å²) in [5, 5.41) is 15.7. The summed E-state index contributed by atoms with van der Waals surface area (Å²) in [6, 6.07) is 6.96. The molecule has 3 fully saturated rings. The monoisotopic (exact) mass is 422 g/mol. The van der Waals surface area contributed by atoms with E-state index in [-0.39, 0.29) is 24.2 Å². The van der Waals surface area contributed by atoms with Crippen LogP contribution in [0.5, 0.6) is 0 Å². The molecule has 2 aliphatic carbocycles. The summed E-state index contributed by atoms with van der Waals surface area (Å²) < 4.78 is 14.8. The van der Waals surface area contributed by atoms with Gasteiger partial charge in [0.1, 0.15) is 11.9 Å². The maximum absolute atomic E-state index is 14.8. The number of halogens is 1. The highest BCUT2D eigenvalue weighted by atomic mass is 19.1. The van der Waals surface area contributed by atoms with Crippen LogP contribution in [0, 0.1) is 28.5 Å². The van der Waals surface area contributed by atoms with Crippen LogP contribution in [-0.2, 0) is 11.2 Å². The lowest BCUT2D eigenvalue weighted by molar-refractivity contribution is -0.124. The molecule has 1 unspecified atom stereocenters. The second kappa shape index (κ2) is 8.03. The van der Waals surface area contributed by atoms with Crippen molar-refractivity contribution in [3.05, 3.63) is 41.2 Å². The molecular formula is C25H31FN4O. The number of hydrogen-bond acceptors (Lipinski definition) is 4. The highest BCUT2D eigenvalue weighted by molar-refractivity contribution is 5.83. The number of nitrogens with zero attached hydrogens (tertiary/aromatic N) is 2. The number of carbonyl (C=O) groups excluding carboxylic acids is 1. The average molecular weight is 423 g/mol. The van der Waals surface area contributed by atoms with Gasteiger partial charge in [-0.3, -0.25) is 4.79 Å². The fraction of sp³-hybridized carbons (Fsp3) is 0.600. The minimum atomic E-state index is -0.723. The highest BCUT2D eigenvalue weighted by Crippen LogP contribution is 2.50. The van der Waals surface area contributed by atoms with E-state index in [1.54, 1.807) is 12.1 Å². The molecule has 31 heavy (non-hydrogen) atoms. The first-order chi connectivity index (χ1) is 14.9. The van der Waals surface area contributed by atoms with Crippen LogP contribution in [0.1, 0.15) is 49.7 Å². The number of likely N-dealkylation sites (tertiary alicyclic amines) is 1. The van der Waals surface area contributed by atoms with E-state index in [2.05, 4.69) is 34.7 Å². The Bertz CT molecular complexity index is 943. The number of piperidine rings is 2. The molecule has 4 aliphatic rings. The zero-order valence-electron chi connectivity index (χ0n) is 18.2. The molecule has 2 bridgehead atoms. The SMILES string of the molecule is CN1CCC2(C=C(c3ccc(C[C@@H](C#N)NC(=O)[C@H]4NC5CC[C@H]4C5)c(F)c3)C2)CC1. The Hall–Kier alpha value is -2.23. The third-order valence-electron chi connectivity index (χ3n) is 7.97. The molecule has 6 heteroatoms. The van der Waals surface area contributed by atoms with E-state index in [0.717, 1.165) is 44.3 Å². The van der Waals surface area contributed by atoms with E-state index in [1.165, 1.54) is 18.4 Å². The second-order valence-electron chi connectivity index (χ2n) is 10.1. The Balaban J connectivity index is 1.21. The number of hydrogen-bond donors (Lipinski definition) is 2. The van der Waals surface area contributed by atoms with E-state index in [0.29, 0.717) is 22.9 Å². The Kier molecular flexibility index (Phi) is 5.35. The van der Waals surface area contributed by atoms with Crippen molar-refractivity contribution < 1.29 is 9.18 Å². The van der Waals surface area contributed by atoms with Gasteiger partial charge in [-0.25, -0.2) is 4.39 Å². The third kappa shape index (κ3) is 4.02. The van der Waals surface area contributed by atoms with Gasteiger partial charge in [-0.1, -0.05) is 18.2 Å². The molecular weight excluding hydrogens is 391 g/mol. The van der Waals surface area contributed by atoms with Gasteiger partial charge in [0.25, 0.3) is 0 Å². The van der Waals surface area contributed by atoms with Crippen LogP contribution in [0.2, 0.25) is 0 Å². The highest BCUT2D eigenvalue weighted by Gasteiger charge is 2.43. The molecule has 5 rings (SSSR count). The van der Waals surface area contributed by atoms with Crippen LogP contribution < -0.4 is 10.6 Å². The summed E-state index contributed by atoms with van der Waals surface area (Å²) in [7, 11) is 2.16. The molecule has 2 saturated heterocycles. The molecule has 5 nitrogen and oxygen atoms in total. The fourth-order valence-electron chi connectivity index (χ4n) is 5.96. The van der Waals surface area contributed by atoms with Crippen LogP contribution in [0.4, 0.5) is 4.39 Å². The van der Waals surface area contributed by atoms with Gasteiger partial charge >= 0.3 is 0 Å². The van der Waals surface area contributed by atoms with Crippen molar-refractivity contribution in [2.75, 3.05) is 20.1 Å². The number of nitriles is 1. The van der Waals surface area contributed by atoms with Crippen molar-refractivity contribution in [1.82, 2.24) is 15.5 Å². The molecule has 2 aliphatic heterocycles. The Morgan fingerprint density at radius 2 is 2.16 bits per heavy atom. The van der Waals surface area contributed by atoms with Gasteiger partial charge < -0.3 is 15.5 Å². The predicted octanol–water partition coefficient (Wildman–Crippen LogP) is 3.02. The van der Waals surface area contributed by atoms with Crippen LogP contribution in [0.15, 0.2) is 24.3 Å². The third-order valence-corrected chi connectivity index (χ3v) is 7.97. The van der Waals surface area contributed by atoms with Gasteiger partial charge in [-0.2, -0.15) is 5.26 Å². The normalized spacial score (nSPS) is 29.8. The first-order valence-corrected chi connectivity index (χ1v) is 11.6. The van der Waals surface area contributed by atoms with Crippen molar-refractivity contribution in [3.63, 3.8) is 0 Å². The minimum absolute atomic E-state index is 0.126. The lowest BCUT2D eigenvalue weighted by Crippen LogP contribution is -2.50. The molecule has 164 valence electrons. The largest absolute Gasteiger partial charge is 0.339 e. The summed E-state index contributed by atoms with van der Waals surface area (Å²) >= 11 is 0. The van der Waals surface area contributed by atoms with Crippen molar-refractivity contribution in [1.29, 1.82) is 5.26 Å². The molecule has 1 aromatic rings. The quantitative estimate of drug-likeness (QED) is 0.766. The molecule has 4 atom stereocenters. The van der Waals surface area contributed by atoms with Crippen LogP contribution in [0.25, 0.3) is 5.57 Å². The standard InChI is InChI=1S/C25H31FN4O/c1-30-8-6-25(7-9-30)13-19(14-25)16-2-3-17(22(26)12-16)10-21(15-27)29-24(31)23-18-4-5-20(11-18)28-23/h2-3,12-13,18,20-21,23,28H,4-11,14H2,1H3,(H,29,31)/t18-,20?,21-,23-/m0/s1. The van der Waals surface area contributed by atoms with Gasteiger partial charge in [0.15, 0.2) is 0 Å². The van der Waals surface area contributed by atoms with Gasteiger partial charge in [0, 0.05) is 12.5 Å². The van der Waals surface area contributed by atoms with Crippen molar-refractivity contribution in [2.45, 2.75) is 63.1 Å². The van der Waals surface area contributed by atoms with Gasteiger partial charge in [0.05, 0.1) is 12.1 Å². The fourth-order valence-corrected chi connectivity index (χ4v) is 5.96. The Morgan fingerprint density at radius 3 is 2.77 bits per heavy atom. The van der Waals surface area contributed by atoms with Crippen molar-refractivity contribution in [2.24, 2.45) is 11.3 Å². The molecule has 0 radical (unpaired) electrons. The smallest absolute Gasteiger partial charge is 0.238 e. The molecule has 2 heterocycles. The summed E-state index contributed by atoms with van der Waals surface area (Å²) in [5.41, 5.74) is 2.95. The van der Waals surface area contributed by atoms with Gasteiger partial charge in [0.2, 0.25) is 5.91 Å². The first kappa shape index (κ1) is 20.7. The Morgan fingerprint density at radius 1 is 1.39 bits per heavy atom. The maximum atomic E-state index is 14.8. The second-order valence-corrected chi connectivity index (χ2v) is 10.1. The van der Waals surface area contributed by atoms with Crippen LogP contribution in [0.3, 0.4) is 0 Å². The molecule has 2 N–H and O–H groups in total. The van der Waals surface area contributed by atoms with E-state index in [9.17, 15) is 14.4 Å². The summed E-state index contributed by atoms with van der Waals surface area (Å²) in [6.45, 7) is 2.24. The average Bonchev–Trinajstić information content (AvgIpc) is 3.37. The van der Waals surface area contributed by atoms with Crippen LogP contribution in [-0.4, -0.2) is 49.1 Å². The van der Waals surface area contributed by atoms with Crippen molar-refractivity contribution in [3.8, 4) is 6.07 Å². The van der Waals surface area contributed by atoms with Gasteiger partial charge in [-0.15, -0.1) is 0 Å². The van der Waals surface area contributed by atoms with Crippen LogP contribution >= 0.6 is 0 Å². The number of benzene rings is 1. The van der Waals surface area contributed by atoms with Gasteiger partial charge in [-0.05, 0) is 92.8 Å². The zero-order valence-corrected chi connectivity index (χ0v) is 18.2. The first-order valence-electron chi connectivity index (χ1n) is 11.6. The number of amides is 1. The zero-order chi connectivity index (χ0) is 21.6. The molecule has 1 spiro atoms. The number of allylic oxidation sites excluding steroid dienone is 2. The summed E-state index contributed by atoms with van der Waals surface area (Å²) in [6.07, 6.45) is 9.13. The predicted molar refractivity (Wildman–Crippen MR) is 117 cm³/mol. The molecule has 1 amide bonds. The lowest BCUT2D eigenvalue weighted by atomic mass is 9.64. The molecule has 1 saturated carbocycles. The summed E-state index contributed by atoms with van der Waals surface area (Å²) in [4.78, 5) is 15.0. The minimum Gasteiger partial charge on any atom is -0.339 e. The van der Waals surface area contributed by atoms with E-state index < -0.39 is 6.04 Å². The van der Waals surface area contributed by atoms with E-state index in [1.807, 2.05) is 6.07 Å². The number of carbonyl (C=O) groups is 1. The summed E-state index contributed by atoms with van der Waals surface area (Å²) in [5.74, 6) is -0.0573. The van der Waals surface area contributed by atoms with E-state index in [4.69, 9.17) is 0 Å². The van der Waals surface area contributed by atoms with Crippen molar-refractivity contribution >= 4 is 11.5 Å².